The van der Waals surface area contributed by atoms with E-state index in [1.54, 1.807) is 35.2 Å². The second-order valence-corrected chi connectivity index (χ2v) is 8.13. The van der Waals surface area contributed by atoms with Crippen molar-refractivity contribution >= 4 is 23.1 Å². The van der Waals surface area contributed by atoms with Gasteiger partial charge in [-0.2, -0.15) is 0 Å². The van der Waals surface area contributed by atoms with Crippen molar-refractivity contribution in [3.63, 3.8) is 0 Å². The lowest BCUT2D eigenvalue weighted by atomic mass is 9.87. The Labute approximate surface area is 179 Å². The van der Waals surface area contributed by atoms with Crippen LogP contribution in [0.1, 0.15) is 32.6 Å². The van der Waals surface area contributed by atoms with Crippen molar-refractivity contribution in [3.8, 4) is 11.3 Å². The summed E-state index contributed by atoms with van der Waals surface area (Å²) < 4.78 is 16.5. The Hall–Kier alpha value is -3.55. The van der Waals surface area contributed by atoms with Gasteiger partial charge in [0.15, 0.2) is 17.3 Å². The number of nitrogens with one attached hydrogen (secondary N) is 2. The third-order valence-corrected chi connectivity index (χ3v) is 5.78. The number of fused-ring (bicyclic) bond motifs is 1. The predicted molar refractivity (Wildman–Crippen MR) is 119 cm³/mol. The highest BCUT2D eigenvalue weighted by Gasteiger charge is 2.19. The van der Waals surface area contributed by atoms with E-state index in [0.717, 1.165) is 24.6 Å². The van der Waals surface area contributed by atoms with E-state index >= 15 is 0 Å². The summed E-state index contributed by atoms with van der Waals surface area (Å²) in [5.74, 6) is 1.78. The summed E-state index contributed by atoms with van der Waals surface area (Å²) in [4.78, 5) is 12.8. The Bertz CT molecular complexity index is 1180. The molecule has 0 unspecified atom stereocenters. The van der Waals surface area contributed by atoms with Gasteiger partial charge in [-0.1, -0.05) is 13.0 Å². The summed E-state index contributed by atoms with van der Waals surface area (Å²) in [7, 11) is 0. The second kappa shape index (κ2) is 8.29. The fourth-order valence-electron chi connectivity index (χ4n) is 3.99. The minimum Gasteiger partial charge on any atom is -0.366 e. The average molecular weight is 417 g/mol. The Morgan fingerprint density at radius 2 is 1.84 bits per heavy atom. The zero-order valence-corrected chi connectivity index (χ0v) is 17.3. The molecular formula is C23H24FN7. The van der Waals surface area contributed by atoms with Gasteiger partial charge in [-0.15, -0.1) is 5.10 Å². The molecule has 158 valence electrons. The molecule has 0 amide bonds. The van der Waals surface area contributed by atoms with Crippen molar-refractivity contribution in [1.82, 2.24) is 24.6 Å². The number of hydrogen-bond acceptors (Lipinski definition) is 6. The smallest absolute Gasteiger partial charge is 0.167 e. The van der Waals surface area contributed by atoms with E-state index in [2.05, 4.69) is 32.5 Å². The molecule has 7 nitrogen and oxygen atoms in total. The van der Waals surface area contributed by atoms with Crippen LogP contribution in [0.3, 0.4) is 0 Å². The molecule has 0 saturated heterocycles. The van der Waals surface area contributed by atoms with Crippen LogP contribution >= 0.6 is 0 Å². The summed E-state index contributed by atoms with van der Waals surface area (Å²) in [5, 5.41) is 11.1. The largest absolute Gasteiger partial charge is 0.366 e. The van der Waals surface area contributed by atoms with Crippen LogP contribution < -0.4 is 10.6 Å². The predicted octanol–water partition coefficient (Wildman–Crippen LogP) is 5.06. The average Bonchev–Trinajstić information content (AvgIpc) is 3.21. The van der Waals surface area contributed by atoms with E-state index in [4.69, 9.17) is 5.10 Å². The van der Waals surface area contributed by atoms with Gasteiger partial charge >= 0.3 is 0 Å². The minimum absolute atomic E-state index is 0.123. The van der Waals surface area contributed by atoms with Gasteiger partial charge in [-0.05, 0) is 61.9 Å². The third-order valence-electron chi connectivity index (χ3n) is 5.78. The van der Waals surface area contributed by atoms with E-state index in [-0.39, 0.29) is 5.82 Å². The normalized spacial score (nSPS) is 18.8. The summed E-state index contributed by atoms with van der Waals surface area (Å²) >= 11 is 0. The van der Waals surface area contributed by atoms with Gasteiger partial charge in [-0.3, -0.25) is 0 Å². The maximum Gasteiger partial charge on any atom is 0.167 e. The molecule has 31 heavy (non-hydrogen) atoms. The molecule has 1 saturated carbocycles. The van der Waals surface area contributed by atoms with Gasteiger partial charge in [0.25, 0.3) is 0 Å². The molecule has 5 rings (SSSR count). The number of halogens is 1. The van der Waals surface area contributed by atoms with Gasteiger partial charge in [0.2, 0.25) is 0 Å². The van der Waals surface area contributed by atoms with Crippen molar-refractivity contribution in [1.29, 1.82) is 0 Å². The molecule has 4 aromatic heterocycles. The Balaban J connectivity index is 1.40. The maximum atomic E-state index is 14.7. The molecule has 0 bridgehead atoms. The van der Waals surface area contributed by atoms with Crippen LogP contribution in [0.4, 0.5) is 21.8 Å². The number of rotatable bonds is 5. The van der Waals surface area contributed by atoms with Crippen molar-refractivity contribution in [2.24, 2.45) is 5.92 Å². The molecular weight excluding hydrogens is 393 g/mol. The van der Waals surface area contributed by atoms with Crippen LogP contribution in [0.25, 0.3) is 16.9 Å². The van der Waals surface area contributed by atoms with Gasteiger partial charge in [0, 0.05) is 24.0 Å². The number of pyridine rings is 2. The third kappa shape index (κ3) is 4.19. The van der Waals surface area contributed by atoms with Crippen LogP contribution in [-0.4, -0.2) is 30.6 Å². The van der Waals surface area contributed by atoms with Crippen LogP contribution in [0.5, 0.6) is 0 Å². The van der Waals surface area contributed by atoms with E-state index in [0.29, 0.717) is 28.8 Å². The monoisotopic (exact) mass is 417 g/mol. The number of hydrogen-bond donors (Lipinski definition) is 2. The van der Waals surface area contributed by atoms with E-state index in [1.807, 2.05) is 18.2 Å². The fourth-order valence-corrected chi connectivity index (χ4v) is 3.99. The number of aromatic nitrogens is 5. The summed E-state index contributed by atoms with van der Waals surface area (Å²) in [6.45, 7) is 2.31. The first-order chi connectivity index (χ1) is 15.2. The lowest BCUT2D eigenvalue weighted by Gasteiger charge is -2.27. The second-order valence-electron chi connectivity index (χ2n) is 8.13. The molecule has 1 aliphatic rings. The van der Waals surface area contributed by atoms with Gasteiger partial charge in [0.05, 0.1) is 11.9 Å². The molecule has 1 aliphatic carbocycles. The van der Waals surface area contributed by atoms with E-state index in [9.17, 15) is 4.39 Å². The number of anilines is 3. The topological polar surface area (TPSA) is 80.0 Å². The maximum absolute atomic E-state index is 14.7. The highest BCUT2D eigenvalue weighted by molar-refractivity contribution is 5.65. The standard InChI is InChI=1S/C23H24FN7/c1-15-5-7-17(8-6-15)28-21-9-10-22-26-14-19(31(22)30-21)16-12-18(24)23(27-13-16)29-20-4-2-3-11-25-20/h2-4,9-15,17H,5-8H2,1H3,(H,28,30)(H,25,27,29). The lowest BCUT2D eigenvalue weighted by Crippen LogP contribution is -2.25. The van der Waals surface area contributed by atoms with Crippen molar-refractivity contribution in [3.05, 3.63) is 60.8 Å². The van der Waals surface area contributed by atoms with Crippen LogP contribution in [0, 0.1) is 11.7 Å². The first-order valence-corrected chi connectivity index (χ1v) is 10.6. The molecule has 4 heterocycles. The molecule has 0 aromatic carbocycles. The van der Waals surface area contributed by atoms with E-state index < -0.39 is 5.82 Å². The van der Waals surface area contributed by atoms with Crippen LogP contribution in [0.2, 0.25) is 0 Å². The zero-order valence-electron chi connectivity index (χ0n) is 17.3. The Morgan fingerprint density at radius 1 is 0.968 bits per heavy atom. The molecule has 4 aromatic rings. The van der Waals surface area contributed by atoms with E-state index in [1.165, 1.54) is 18.9 Å². The number of imidazole rings is 1. The zero-order chi connectivity index (χ0) is 21.2. The lowest BCUT2D eigenvalue weighted by molar-refractivity contribution is 0.360. The van der Waals surface area contributed by atoms with Gasteiger partial charge < -0.3 is 10.6 Å². The molecule has 8 heteroatoms. The summed E-state index contributed by atoms with van der Waals surface area (Å²) in [6.07, 6.45) is 9.71. The first kappa shape index (κ1) is 19.4. The van der Waals surface area contributed by atoms with Crippen molar-refractivity contribution in [2.45, 2.75) is 38.6 Å². The van der Waals surface area contributed by atoms with Gasteiger partial charge in [0.1, 0.15) is 11.6 Å². The van der Waals surface area contributed by atoms with Crippen LogP contribution in [0.15, 0.2) is 55.0 Å². The minimum atomic E-state index is -0.469. The van der Waals surface area contributed by atoms with Gasteiger partial charge in [-0.25, -0.2) is 23.9 Å². The summed E-state index contributed by atoms with van der Waals surface area (Å²) in [6, 6.07) is 11.1. The molecule has 1 fully saturated rings. The highest BCUT2D eigenvalue weighted by Crippen LogP contribution is 2.27. The van der Waals surface area contributed by atoms with Crippen molar-refractivity contribution in [2.75, 3.05) is 10.6 Å². The number of nitrogens with zero attached hydrogens (tertiary/aromatic N) is 5. The molecule has 0 spiro atoms. The molecule has 2 N–H and O–H groups in total. The molecule has 0 atom stereocenters. The summed E-state index contributed by atoms with van der Waals surface area (Å²) in [5.41, 5.74) is 1.99. The van der Waals surface area contributed by atoms with Crippen LogP contribution in [-0.2, 0) is 0 Å². The Morgan fingerprint density at radius 3 is 2.61 bits per heavy atom. The highest BCUT2D eigenvalue weighted by atomic mass is 19.1. The Kier molecular flexibility index (Phi) is 5.19. The first-order valence-electron chi connectivity index (χ1n) is 10.6. The molecule has 0 aliphatic heterocycles. The quantitative estimate of drug-likeness (QED) is 0.472. The molecule has 0 radical (unpaired) electrons. The van der Waals surface area contributed by atoms with Crippen molar-refractivity contribution < 1.29 is 4.39 Å². The SMILES string of the molecule is CC1CCC(Nc2ccc3ncc(-c4cnc(Nc5ccccn5)c(F)c4)n3n2)CC1. The fraction of sp³-hybridized carbons (Fsp3) is 0.304.